The largest absolute Gasteiger partial charge is 0.327 e. The molecule has 1 heteroatoms. The first-order chi connectivity index (χ1) is 15.7. The third kappa shape index (κ3) is 13.7. The molecular weight excluding hydrogens is 386 g/mol. The smallest absolute Gasteiger partial charge is 0.00730 e. The van der Waals surface area contributed by atoms with E-state index >= 15 is 0 Å². The first-order valence-corrected chi connectivity index (χ1v) is 14.5. The molecule has 32 heavy (non-hydrogen) atoms. The number of nitrogens with two attached hydrogens (primary N) is 1. The van der Waals surface area contributed by atoms with Crippen LogP contribution in [0.2, 0.25) is 0 Å². The summed E-state index contributed by atoms with van der Waals surface area (Å²) in [5.74, 6) is 1.27. The molecule has 3 unspecified atom stereocenters. The molecule has 0 saturated heterocycles. The Morgan fingerprint density at radius 3 is 1.53 bits per heavy atom. The molecule has 0 aliphatic rings. The molecular formula is C31H57N. The summed E-state index contributed by atoms with van der Waals surface area (Å²) in [5, 5.41) is 0. The van der Waals surface area contributed by atoms with Crippen molar-refractivity contribution in [3.63, 3.8) is 0 Å². The van der Waals surface area contributed by atoms with Crippen LogP contribution >= 0.6 is 0 Å². The van der Waals surface area contributed by atoms with E-state index in [0.717, 1.165) is 0 Å². The molecule has 1 aromatic carbocycles. The number of benzene rings is 1. The molecule has 0 amide bonds. The van der Waals surface area contributed by atoms with Crippen molar-refractivity contribution in [3.8, 4) is 0 Å². The third-order valence-corrected chi connectivity index (χ3v) is 7.45. The van der Waals surface area contributed by atoms with Crippen LogP contribution in [0.3, 0.4) is 0 Å². The van der Waals surface area contributed by atoms with Gasteiger partial charge >= 0.3 is 0 Å². The molecule has 0 saturated carbocycles. The van der Waals surface area contributed by atoms with Crippen molar-refractivity contribution >= 4 is 0 Å². The second-order valence-corrected chi connectivity index (χ2v) is 10.3. The van der Waals surface area contributed by atoms with Gasteiger partial charge in [0.2, 0.25) is 0 Å². The van der Waals surface area contributed by atoms with E-state index in [2.05, 4.69) is 51.1 Å². The first kappa shape index (κ1) is 29.2. The molecule has 1 rings (SSSR count). The predicted octanol–water partition coefficient (Wildman–Crippen LogP) is 10.2. The standard InChI is InChI=1S/C31H57N/c1-4-7-10-12-13-14-15-17-22-27-31(32)30(26-21-16-11-8-5-2)29(25-9-6-3)28-23-19-18-20-24-28/h18-20,23-24,29-31H,4-17,21-22,25-27,32H2,1-3H3. The second-order valence-electron chi connectivity index (χ2n) is 10.3. The van der Waals surface area contributed by atoms with Crippen LogP contribution in [0.25, 0.3) is 0 Å². The summed E-state index contributed by atoms with van der Waals surface area (Å²) in [6.45, 7) is 6.93. The number of rotatable bonds is 22. The van der Waals surface area contributed by atoms with Crippen molar-refractivity contribution in [2.45, 2.75) is 155 Å². The van der Waals surface area contributed by atoms with Crippen LogP contribution in [0.4, 0.5) is 0 Å². The van der Waals surface area contributed by atoms with Gasteiger partial charge in [-0.1, -0.05) is 154 Å². The number of hydrogen-bond donors (Lipinski definition) is 1. The minimum absolute atomic E-state index is 0.354. The van der Waals surface area contributed by atoms with Gasteiger partial charge in [-0.15, -0.1) is 0 Å². The molecule has 0 heterocycles. The lowest BCUT2D eigenvalue weighted by Gasteiger charge is -2.33. The Bertz CT molecular complexity index is 496. The fourth-order valence-electron chi connectivity index (χ4n) is 5.35. The molecule has 1 nitrogen and oxygen atoms in total. The average Bonchev–Trinajstić information content (AvgIpc) is 2.82. The highest BCUT2D eigenvalue weighted by Gasteiger charge is 2.27. The van der Waals surface area contributed by atoms with Crippen molar-refractivity contribution in [2.75, 3.05) is 0 Å². The molecule has 1 aromatic rings. The maximum absolute atomic E-state index is 6.96. The summed E-state index contributed by atoms with van der Waals surface area (Å²) in [7, 11) is 0. The molecule has 3 atom stereocenters. The van der Waals surface area contributed by atoms with Crippen LogP contribution in [0.15, 0.2) is 30.3 Å². The Balaban J connectivity index is 2.58. The second kappa shape index (κ2) is 20.8. The van der Waals surface area contributed by atoms with Crippen LogP contribution in [0.1, 0.15) is 154 Å². The SMILES string of the molecule is CCCCCCCCCCCC(N)C(CCCCCCC)C(CCCC)c1ccccc1. The number of unbranched alkanes of at least 4 members (excludes halogenated alkanes) is 13. The van der Waals surface area contributed by atoms with Gasteiger partial charge in [0, 0.05) is 6.04 Å². The van der Waals surface area contributed by atoms with E-state index < -0.39 is 0 Å². The van der Waals surface area contributed by atoms with Crippen LogP contribution in [0, 0.1) is 5.92 Å². The zero-order valence-corrected chi connectivity index (χ0v) is 22.1. The van der Waals surface area contributed by atoms with Crippen LogP contribution < -0.4 is 5.73 Å². The van der Waals surface area contributed by atoms with Crippen LogP contribution in [0.5, 0.6) is 0 Å². The molecule has 0 bridgehead atoms. The van der Waals surface area contributed by atoms with E-state index in [9.17, 15) is 0 Å². The Morgan fingerprint density at radius 2 is 1.00 bits per heavy atom. The monoisotopic (exact) mass is 443 g/mol. The minimum Gasteiger partial charge on any atom is -0.327 e. The first-order valence-electron chi connectivity index (χ1n) is 14.5. The molecule has 186 valence electrons. The summed E-state index contributed by atoms with van der Waals surface area (Å²) < 4.78 is 0. The Morgan fingerprint density at radius 1 is 0.531 bits per heavy atom. The van der Waals surface area contributed by atoms with Gasteiger partial charge in [0.1, 0.15) is 0 Å². The van der Waals surface area contributed by atoms with E-state index in [1.807, 2.05) is 0 Å². The van der Waals surface area contributed by atoms with Crippen LogP contribution in [-0.2, 0) is 0 Å². The fraction of sp³-hybridized carbons (Fsp3) is 0.806. The van der Waals surface area contributed by atoms with Crippen molar-refractivity contribution in [1.29, 1.82) is 0 Å². The maximum atomic E-state index is 6.96. The summed E-state index contributed by atoms with van der Waals surface area (Å²) in [6.07, 6.45) is 25.8. The summed E-state index contributed by atoms with van der Waals surface area (Å²) in [5.41, 5.74) is 8.49. The van der Waals surface area contributed by atoms with E-state index in [-0.39, 0.29) is 0 Å². The van der Waals surface area contributed by atoms with Gasteiger partial charge in [-0.2, -0.15) is 0 Å². The van der Waals surface area contributed by atoms with E-state index in [1.54, 1.807) is 0 Å². The topological polar surface area (TPSA) is 26.0 Å². The third-order valence-electron chi connectivity index (χ3n) is 7.45. The Kier molecular flexibility index (Phi) is 19.0. The number of hydrogen-bond acceptors (Lipinski definition) is 1. The highest BCUT2D eigenvalue weighted by molar-refractivity contribution is 5.21. The van der Waals surface area contributed by atoms with Crippen molar-refractivity contribution in [3.05, 3.63) is 35.9 Å². The highest BCUT2D eigenvalue weighted by Crippen LogP contribution is 2.36. The van der Waals surface area contributed by atoms with Gasteiger partial charge in [-0.3, -0.25) is 0 Å². The van der Waals surface area contributed by atoms with Gasteiger partial charge in [0.15, 0.2) is 0 Å². The fourth-order valence-corrected chi connectivity index (χ4v) is 5.35. The van der Waals surface area contributed by atoms with E-state index in [4.69, 9.17) is 5.73 Å². The van der Waals surface area contributed by atoms with Gasteiger partial charge in [-0.05, 0) is 36.7 Å². The molecule has 0 spiro atoms. The van der Waals surface area contributed by atoms with Crippen molar-refractivity contribution < 1.29 is 0 Å². The van der Waals surface area contributed by atoms with Gasteiger partial charge < -0.3 is 5.73 Å². The maximum Gasteiger partial charge on any atom is 0.00730 e. The lowest BCUT2D eigenvalue weighted by molar-refractivity contribution is 0.285. The average molecular weight is 444 g/mol. The van der Waals surface area contributed by atoms with Crippen LogP contribution in [-0.4, -0.2) is 6.04 Å². The highest BCUT2D eigenvalue weighted by atomic mass is 14.7. The minimum atomic E-state index is 0.354. The quantitative estimate of drug-likeness (QED) is 0.177. The van der Waals surface area contributed by atoms with Gasteiger partial charge in [-0.25, -0.2) is 0 Å². The normalized spacial score (nSPS) is 14.4. The molecule has 0 aliphatic carbocycles. The lowest BCUT2D eigenvalue weighted by atomic mass is 9.75. The Labute approximate surface area is 202 Å². The summed E-state index contributed by atoms with van der Waals surface area (Å²) in [4.78, 5) is 0. The lowest BCUT2D eigenvalue weighted by Crippen LogP contribution is -2.34. The summed E-state index contributed by atoms with van der Waals surface area (Å²) >= 11 is 0. The Hall–Kier alpha value is -0.820. The van der Waals surface area contributed by atoms with Gasteiger partial charge in [0.05, 0.1) is 0 Å². The molecule has 0 aromatic heterocycles. The zero-order chi connectivity index (χ0) is 23.3. The zero-order valence-electron chi connectivity index (χ0n) is 22.1. The predicted molar refractivity (Wildman–Crippen MR) is 145 cm³/mol. The van der Waals surface area contributed by atoms with E-state index in [1.165, 1.54) is 128 Å². The van der Waals surface area contributed by atoms with Crippen molar-refractivity contribution in [2.24, 2.45) is 11.7 Å². The molecule has 0 aliphatic heterocycles. The summed E-state index contributed by atoms with van der Waals surface area (Å²) in [6, 6.07) is 11.7. The molecule has 2 N–H and O–H groups in total. The van der Waals surface area contributed by atoms with E-state index in [0.29, 0.717) is 17.9 Å². The van der Waals surface area contributed by atoms with Crippen molar-refractivity contribution in [1.82, 2.24) is 0 Å². The molecule has 0 radical (unpaired) electrons. The molecule has 0 fully saturated rings. The van der Waals surface area contributed by atoms with Gasteiger partial charge in [0.25, 0.3) is 0 Å².